The Labute approximate surface area is 100 Å². The molecule has 14 heavy (non-hydrogen) atoms. The van der Waals surface area contributed by atoms with Crippen LogP contribution in [0.1, 0.15) is 25.7 Å². The maximum atomic E-state index is 5.47. The number of hydrogen-bond donors (Lipinski definition) is 2. The molecule has 2 aliphatic rings. The van der Waals surface area contributed by atoms with Crippen molar-refractivity contribution in [2.75, 3.05) is 26.2 Å². The average molecular weight is 309 g/mol. The zero-order valence-corrected chi connectivity index (χ0v) is 10.8. The van der Waals surface area contributed by atoms with E-state index in [-0.39, 0.29) is 0 Å². The number of nitrogens with one attached hydrogen (secondary N) is 1. The van der Waals surface area contributed by atoms with E-state index in [2.05, 4.69) is 31.3 Å². The Morgan fingerprint density at radius 2 is 2.00 bits per heavy atom. The summed E-state index contributed by atoms with van der Waals surface area (Å²) in [6.45, 7) is 4.32. The lowest BCUT2D eigenvalue weighted by molar-refractivity contribution is 0.0329. The summed E-state index contributed by atoms with van der Waals surface area (Å²) < 4.78 is 2.42. The minimum absolute atomic E-state index is 0.702. The Hall–Kier alpha value is 0.610. The van der Waals surface area contributed by atoms with Gasteiger partial charge >= 0.3 is 0 Å². The summed E-state index contributed by atoms with van der Waals surface area (Å²) in [6, 6.07) is 0.763. The lowest BCUT2D eigenvalue weighted by Crippen LogP contribution is -2.53. The van der Waals surface area contributed by atoms with Crippen molar-refractivity contribution >= 4 is 22.9 Å². The van der Waals surface area contributed by atoms with Gasteiger partial charge in [-0.25, -0.2) is 3.11 Å². The molecule has 0 aromatic rings. The van der Waals surface area contributed by atoms with Crippen LogP contribution < -0.4 is 11.1 Å². The molecule has 1 spiro atoms. The molecule has 1 saturated carbocycles. The van der Waals surface area contributed by atoms with Gasteiger partial charge in [0.25, 0.3) is 0 Å². The highest BCUT2D eigenvalue weighted by Gasteiger charge is 2.44. The van der Waals surface area contributed by atoms with Crippen LogP contribution in [0.2, 0.25) is 0 Å². The monoisotopic (exact) mass is 309 g/mol. The highest BCUT2D eigenvalue weighted by molar-refractivity contribution is 14.1. The van der Waals surface area contributed by atoms with Crippen LogP contribution in [0.15, 0.2) is 0 Å². The van der Waals surface area contributed by atoms with E-state index in [0.717, 1.165) is 19.1 Å². The first kappa shape index (κ1) is 11.1. The van der Waals surface area contributed by atoms with Crippen molar-refractivity contribution in [2.45, 2.75) is 31.7 Å². The lowest BCUT2D eigenvalue weighted by atomic mass is 9.60. The zero-order chi connectivity index (χ0) is 10.0. The standard InChI is InChI=1S/C10H20IN3/c11-14-5-1-10(2-6-14)7-9(8-10)13-4-3-12/h9,13H,1-8,12H2. The summed E-state index contributed by atoms with van der Waals surface area (Å²) in [5.41, 5.74) is 6.18. The number of rotatable bonds is 3. The maximum absolute atomic E-state index is 5.47. The quantitative estimate of drug-likeness (QED) is 0.607. The molecule has 0 radical (unpaired) electrons. The lowest BCUT2D eigenvalue weighted by Gasteiger charge is -2.51. The Bertz CT molecular complexity index is 182. The third-order valence-electron chi connectivity index (χ3n) is 3.71. The van der Waals surface area contributed by atoms with E-state index in [1.54, 1.807) is 0 Å². The fourth-order valence-corrected chi connectivity index (χ4v) is 3.26. The largest absolute Gasteiger partial charge is 0.329 e. The molecule has 3 N–H and O–H groups in total. The molecule has 4 heteroatoms. The fourth-order valence-electron chi connectivity index (χ4n) is 2.78. The van der Waals surface area contributed by atoms with Crippen LogP contribution in [0.4, 0.5) is 0 Å². The van der Waals surface area contributed by atoms with Crippen LogP contribution in [0.3, 0.4) is 0 Å². The number of piperidine rings is 1. The summed E-state index contributed by atoms with van der Waals surface area (Å²) >= 11 is 2.44. The molecule has 2 rings (SSSR count). The Balaban J connectivity index is 1.70. The smallest absolute Gasteiger partial charge is 0.0201 e. The third-order valence-corrected chi connectivity index (χ3v) is 4.67. The number of nitrogens with two attached hydrogens (primary N) is 1. The van der Waals surface area contributed by atoms with Crippen molar-refractivity contribution < 1.29 is 0 Å². The van der Waals surface area contributed by atoms with E-state index in [9.17, 15) is 0 Å². The van der Waals surface area contributed by atoms with Gasteiger partial charge in [-0.05, 0) is 31.1 Å². The molecule has 0 amide bonds. The van der Waals surface area contributed by atoms with E-state index in [0.29, 0.717) is 5.41 Å². The van der Waals surface area contributed by atoms with Crippen LogP contribution in [-0.2, 0) is 0 Å². The minimum atomic E-state index is 0.702. The van der Waals surface area contributed by atoms with Gasteiger partial charge in [-0.3, -0.25) is 0 Å². The normalized spacial score (nSPS) is 27.9. The Morgan fingerprint density at radius 1 is 1.36 bits per heavy atom. The topological polar surface area (TPSA) is 41.3 Å². The molecule has 3 nitrogen and oxygen atoms in total. The van der Waals surface area contributed by atoms with Gasteiger partial charge < -0.3 is 11.1 Å². The van der Waals surface area contributed by atoms with Crippen molar-refractivity contribution in [1.82, 2.24) is 8.43 Å². The molecule has 0 aromatic carbocycles. The van der Waals surface area contributed by atoms with E-state index >= 15 is 0 Å². The number of halogens is 1. The molecule has 1 aliphatic carbocycles. The zero-order valence-electron chi connectivity index (χ0n) is 8.64. The predicted octanol–water partition coefficient (Wildman–Crippen LogP) is 1.13. The molecule has 1 saturated heterocycles. The highest BCUT2D eigenvalue weighted by Crippen LogP contribution is 2.49. The van der Waals surface area contributed by atoms with Gasteiger partial charge in [-0.2, -0.15) is 0 Å². The van der Waals surface area contributed by atoms with E-state index in [1.807, 2.05) is 0 Å². The number of nitrogens with zero attached hydrogens (tertiary/aromatic N) is 1. The first-order valence-corrected chi connectivity index (χ1v) is 6.55. The Morgan fingerprint density at radius 3 is 2.57 bits per heavy atom. The van der Waals surface area contributed by atoms with Gasteiger partial charge in [0.2, 0.25) is 0 Å². The van der Waals surface area contributed by atoms with Crippen molar-refractivity contribution in [3.63, 3.8) is 0 Å². The van der Waals surface area contributed by atoms with Gasteiger partial charge in [-0.15, -0.1) is 0 Å². The Kier molecular flexibility index (Phi) is 3.68. The molecule has 0 atom stereocenters. The SMILES string of the molecule is NCCNC1CC2(CCN(I)CC2)C1. The minimum Gasteiger partial charge on any atom is -0.329 e. The molecule has 82 valence electrons. The molecular formula is C10H20IN3. The van der Waals surface area contributed by atoms with Gasteiger partial charge in [-0.1, -0.05) is 0 Å². The van der Waals surface area contributed by atoms with Crippen molar-refractivity contribution in [3.8, 4) is 0 Å². The third kappa shape index (κ3) is 2.40. The van der Waals surface area contributed by atoms with Crippen LogP contribution in [-0.4, -0.2) is 35.3 Å². The average Bonchev–Trinajstić information content (AvgIpc) is 2.14. The van der Waals surface area contributed by atoms with E-state index in [1.165, 1.54) is 38.8 Å². The summed E-state index contributed by atoms with van der Waals surface area (Å²) in [5.74, 6) is 0. The second kappa shape index (κ2) is 4.63. The number of hydrogen-bond acceptors (Lipinski definition) is 3. The predicted molar refractivity (Wildman–Crippen MR) is 67.3 cm³/mol. The van der Waals surface area contributed by atoms with Crippen molar-refractivity contribution in [3.05, 3.63) is 0 Å². The van der Waals surface area contributed by atoms with Crippen LogP contribution in [0.25, 0.3) is 0 Å². The van der Waals surface area contributed by atoms with Gasteiger partial charge in [0.1, 0.15) is 0 Å². The molecule has 1 aliphatic heterocycles. The summed E-state index contributed by atoms with van der Waals surface area (Å²) in [6.07, 6.45) is 5.57. The van der Waals surface area contributed by atoms with Crippen molar-refractivity contribution in [2.24, 2.45) is 11.1 Å². The molecule has 1 heterocycles. The first-order chi connectivity index (χ1) is 6.74. The molecule has 0 aromatic heterocycles. The molecule has 0 unspecified atom stereocenters. The molecule has 0 bridgehead atoms. The summed E-state index contributed by atoms with van der Waals surface area (Å²) in [4.78, 5) is 0. The van der Waals surface area contributed by atoms with E-state index < -0.39 is 0 Å². The first-order valence-electron chi connectivity index (χ1n) is 5.58. The fraction of sp³-hybridized carbons (Fsp3) is 1.00. The van der Waals surface area contributed by atoms with Gasteiger partial charge in [0, 0.05) is 55.1 Å². The highest BCUT2D eigenvalue weighted by atomic mass is 127. The van der Waals surface area contributed by atoms with Crippen LogP contribution >= 0.6 is 22.9 Å². The van der Waals surface area contributed by atoms with Gasteiger partial charge in [0.15, 0.2) is 0 Å². The maximum Gasteiger partial charge on any atom is 0.0201 e. The van der Waals surface area contributed by atoms with Crippen LogP contribution in [0, 0.1) is 5.41 Å². The summed E-state index contributed by atoms with van der Waals surface area (Å²) in [7, 11) is 0. The second-order valence-corrected chi connectivity index (χ2v) is 6.12. The van der Waals surface area contributed by atoms with Gasteiger partial charge in [0.05, 0.1) is 0 Å². The second-order valence-electron chi connectivity index (χ2n) is 4.76. The molecular weight excluding hydrogens is 289 g/mol. The summed E-state index contributed by atoms with van der Waals surface area (Å²) in [5, 5.41) is 3.51. The van der Waals surface area contributed by atoms with Crippen molar-refractivity contribution in [1.29, 1.82) is 0 Å². The molecule has 2 fully saturated rings. The van der Waals surface area contributed by atoms with E-state index in [4.69, 9.17) is 5.73 Å². The van der Waals surface area contributed by atoms with Crippen LogP contribution in [0.5, 0.6) is 0 Å².